The van der Waals surface area contributed by atoms with Gasteiger partial charge in [0, 0.05) is 18.7 Å². The van der Waals surface area contributed by atoms with Gasteiger partial charge in [-0.1, -0.05) is 19.9 Å². The number of carbonyl (C=O) groups is 3. The molecule has 0 bridgehead atoms. The molecular weight excluding hydrogens is 623 g/mol. The maximum atomic E-state index is 15.3. The molecule has 2 amide bonds. The molecule has 0 aliphatic carbocycles. The van der Waals surface area contributed by atoms with Crippen molar-refractivity contribution in [3.8, 4) is 11.1 Å². The molecule has 1 aliphatic heterocycles. The SMILES string of the molecule is Cc1cc(C(F)(F)F)cc(C)c1-c1cc(F)c(F)c([C@H](CC(=O)O)NC(=O)[C@H](CC(C)C)NC(=O)c2ccc3c(n2)CN(C)CC3)c1. The Balaban J connectivity index is 1.66. The minimum absolute atomic E-state index is 0.00317. The summed E-state index contributed by atoms with van der Waals surface area (Å²) in [5, 5.41) is 14.8. The fourth-order valence-corrected chi connectivity index (χ4v) is 5.88. The standard InChI is InChI=1S/C34H37F5N4O4/c1-17(2)10-27(42-32(46)25-7-6-20-8-9-43(5)16-28(20)40-25)33(47)41-26(15-29(44)45)23-13-21(14-24(35)31(23)36)30-18(3)11-22(12-19(30)4)34(37,38)39/h6-7,11-14,17,26-27H,8-10,15-16H2,1-5H3,(H,41,47)(H,42,46)(H,44,45)/t26-,27-/m0/s1. The zero-order valence-corrected chi connectivity index (χ0v) is 26.7. The quantitative estimate of drug-likeness (QED) is 0.226. The first-order valence-corrected chi connectivity index (χ1v) is 15.1. The third kappa shape index (κ3) is 8.51. The van der Waals surface area contributed by atoms with Gasteiger partial charge in [0.05, 0.1) is 23.7 Å². The van der Waals surface area contributed by atoms with E-state index in [1.807, 2.05) is 13.1 Å². The van der Waals surface area contributed by atoms with Crippen LogP contribution in [0.4, 0.5) is 22.0 Å². The van der Waals surface area contributed by atoms with Crippen LogP contribution in [0.25, 0.3) is 11.1 Å². The van der Waals surface area contributed by atoms with Gasteiger partial charge < -0.3 is 20.6 Å². The molecule has 0 fully saturated rings. The van der Waals surface area contributed by atoms with Crippen molar-refractivity contribution in [3.05, 3.63) is 87.2 Å². The molecule has 0 saturated carbocycles. The summed E-state index contributed by atoms with van der Waals surface area (Å²) in [6.45, 7) is 7.80. The lowest BCUT2D eigenvalue weighted by molar-refractivity contribution is -0.138. The number of hydrogen-bond acceptors (Lipinski definition) is 5. The van der Waals surface area contributed by atoms with E-state index >= 15 is 8.78 Å². The average molecular weight is 661 g/mol. The first-order valence-electron chi connectivity index (χ1n) is 15.1. The van der Waals surface area contributed by atoms with Crippen molar-refractivity contribution in [1.82, 2.24) is 20.5 Å². The number of alkyl halides is 3. The molecule has 0 radical (unpaired) electrons. The Kier molecular flexibility index (Phi) is 10.7. The monoisotopic (exact) mass is 660 g/mol. The summed E-state index contributed by atoms with van der Waals surface area (Å²) in [5.41, 5.74) is 0.905. The molecule has 8 nitrogen and oxygen atoms in total. The third-order valence-corrected chi connectivity index (χ3v) is 8.09. The van der Waals surface area contributed by atoms with E-state index < -0.39 is 65.2 Å². The number of rotatable bonds is 10. The van der Waals surface area contributed by atoms with Crippen molar-refractivity contribution < 1.29 is 41.4 Å². The van der Waals surface area contributed by atoms with Crippen LogP contribution in [0, 0.1) is 31.4 Å². The number of aryl methyl sites for hydroxylation is 2. The number of halogens is 5. The predicted octanol–water partition coefficient (Wildman–Crippen LogP) is 6.13. The lowest BCUT2D eigenvalue weighted by Gasteiger charge is -2.26. The van der Waals surface area contributed by atoms with Gasteiger partial charge in [0.2, 0.25) is 5.91 Å². The van der Waals surface area contributed by atoms with Crippen LogP contribution in [0.5, 0.6) is 0 Å². The maximum Gasteiger partial charge on any atom is 0.416 e. The molecular formula is C34H37F5N4O4. The van der Waals surface area contributed by atoms with Crippen LogP contribution in [0.15, 0.2) is 36.4 Å². The number of carbonyl (C=O) groups excluding carboxylic acids is 2. The zero-order valence-electron chi connectivity index (χ0n) is 26.7. The van der Waals surface area contributed by atoms with Gasteiger partial charge in [-0.2, -0.15) is 13.2 Å². The lowest BCUT2D eigenvalue weighted by atomic mass is 9.90. The number of carboxylic acid groups (broad SMARTS) is 1. The van der Waals surface area contributed by atoms with Gasteiger partial charge in [0.25, 0.3) is 5.91 Å². The molecule has 1 aromatic heterocycles. The van der Waals surface area contributed by atoms with Crippen LogP contribution >= 0.6 is 0 Å². The van der Waals surface area contributed by atoms with Crippen LogP contribution in [0.3, 0.4) is 0 Å². The largest absolute Gasteiger partial charge is 0.481 e. The van der Waals surface area contributed by atoms with Gasteiger partial charge in [0.1, 0.15) is 11.7 Å². The van der Waals surface area contributed by atoms with Gasteiger partial charge in [-0.15, -0.1) is 0 Å². The average Bonchev–Trinajstić information content (AvgIpc) is 2.96. The number of nitrogens with zero attached hydrogens (tertiary/aromatic N) is 2. The number of benzene rings is 2. The van der Waals surface area contributed by atoms with Crippen LogP contribution in [0.1, 0.15) is 76.7 Å². The molecule has 2 atom stereocenters. The van der Waals surface area contributed by atoms with E-state index in [4.69, 9.17) is 0 Å². The van der Waals surface area contributed by atoms with Crippen LogP contribution in [-0.2, 0) is 28.7 Å². The first-order chi connectivity index (χ1) is 21.9. The number of aliphatic carboxylic acids is 1. The highest BCUT2D eigenvalue weighted by molar-refractivity contribution is 5.96. The van der Waals surface area contributed by atoms with E-state index in [1.165, 1.54) is 13.8 Å². The molecule has 2 aromatic carbocycles. The van der Waals surface area contributed by atoms with Crippen LogP contribution in [0.2, 0.25) is 0 Å². The van der Waals surface area contributed by atoms with Gasteiger partial charge in [-0.05, 0) is 97.8 Å². The van der Waals surface area contributed by atoms with Crippen molar-refractivity contribution >= 4 is 17.8 Å². The van der Waals surface area contributed by atoms with Crippen molar-refractivity contribution in [2.75, 3.05) is 13.6 Å². The van der Waals surface area contributed by atoms with E-state index in [2.05, 4.69) is 20.5 Å². The third-order valence-electron chi connectivity index (χ3n) is 8.09. The number of hydrogen-bond donors (Lipinski definition) is 3. The lowest BCUT2D eigenvalue weighted by Crippen LogP contribution is -2.49. The number of nitrogens with one attached hydrogen (secondary N) is 2. The second kappa shape index (κ2) is 14.2. The highest BCUT2D eigenvalue weighted by atomic mass is 19.4. The molecule has 0 saturated heterocycles. The molecule has 3 aromatic rings. The minimum atomic E-state index is -4.63. The summed E-state index contributed by atoms with van der Waals surface area (Å²) < 4.78 is 70.5. The van der Waals surface area contributed by atoms with Crippen molar-refractivity contribution in [3.63, 3.8) is 0 Å². The van der Waals surface area contributed by atoms with E-state index in [9.17, 15) is 32.7 Å². The van der Waals surface area contributed by atoms with E-state index in [-0.39, 0.29) is 40.3 Å². The summed E-state index contributed by atoms with van der Waals surface area (Å²) in [5.74, 6) is -5.81. The number of amides is 2. The first kappa shape index (κ1) is 35.5. The molecule has 0 spiro atoms. The smallest absolute Gasteiger partial charge is 0.416 e. The van der Waals surface area contributed by atoms with Gasteiger partial charge in [0.15, 0.2) is 11.6 Å². The van der Waals surface area contributed by atoms with Crippen molar-refractivity contribution in [2.24, 2.45) is 5.92 Å². The number of likely N-dealkylation sites (N-methyl/N-ethyl adjacent to an activating group) is 1. The van der Waals surface area contributed by atoms with E-state index in [0.717, 1.165) is 48.5 Å². The Morgan fingerprint density at radius 1 is 1.02 bits per heavy atom. The minimum Gasteiger partial charge on any atom is -0.481 e. The molecule has 47 heavy (non-hydrogen) atoms. The molecule has 13 heteroatoms. The summed E-state index contributed by atoms with van der Waals surface area (Å²) in [4.78, 5) is 45.3. The summed E-state index contributed by atoms with van der Waals surface area (Å²) in [6, 6.07) is 4.30. The molecule has 252 valence electrons. The van der Waals surface area contributed by atoms with Gasteiger partial charge >= 0.3 is 12.1 Å². The zero-order chi connectivity index (χ0) is 34.8. The molecule has 0 unspecified atom stereocenters. The Bertz CT molecular complexity index is 1670. The predicted molar refractivity (Wildman–Crippen MR) is 164 cm³/mol. The fourth-order valence-electron chi connectivity index (χ4n) is 5.88. The highest BCUT2D eigenvalue weighted by Crippen LogP contribution is 2.37. The number of pyridine rings is 1. The Morgan fingerprint density at radius 2 is 1.68 bits per heavy atom. The molecule has 4 rings (SSSR count). The van der Waals surface area contributed by atoms with Crippen LogP contribution < -0.4 is 10.6 Å². The number of carboxylic acids is 1. The highest BCUT2D eigenvalue weighted by Gasteiger charge is 2.33. The normalized spacial score (nSPS) is 14.8. The fraction of sp³-hybridized carbons (Fsp3) is 0.412. The van der Waals surface area contributed by atoms with Crippen molar-refractivity contribution in [1.29, 1.82) is 0 Å². The topological polar surface area (TPSA) is 112 Å². The van der Waals surface area contributed by atoms with Gasteiger partial charge in [-0.25, -0.2) is 13.8 Å². The van der Waals surface area contributed by atoms with Crippen molar-refractivity contribution in [2.45, 2.75) is 71.8 Å². The number of aromatic nitrogens is 1. The number of fused-ring (bicyclic) bond motifs is 1. The summed E-state index contributed by atoms with van der Waals surface area (Å²) in [6.07, 6.45) is -4.57. The molecule has 1 aliphatic rings. The Morgan fingerprint density at radius 3 is 2.28 bits per heavy atom. The maximum absolute atomic E-state index is 15.3. The second-order valence-electron chi connectivity index (χ2n) is 12.4. The molecule has 3 N–H and O–H groups in total. The Hall–Kier alpha value is -4.39. The van der Waals surface area contributed by atoms with Crippen LogP contribution in [-0.4, -0.2) is 52.4 Å². The summed E-state index contributed by atoms with van der Waals surface area (Å²) in [7, 11) is 1.93. The molecule has 2 heterocycles. The van der Waals surface area contributed by atoms with E-state index in [1.54, 1.807) is 19.9 Å². The van der Waals surface area contributed by atoms with E-state index in [0.29, 0.717) is 6.54 Å². The Labute approximate surface area is 269 Å². The second-order valence-corrected chi connectivity index (χ2v) is 12.4. The van der Waals surface area contributed by atoms with Gasteiger partial charge in [-0.3, -0.25) is 14.4 Å². The summed E-state index contributed by atoms with van der Waals surface area (Å²) >= 11 is 0.